The predicted octanol–water partition coefficient (Wildman–Crippen LogP) is 4.64. The van der Waals surface area contributed by atoms with E-state index in [0.717, 1.165) is 5.92 Å². The molecular formula is C17H23NO. The molecule has 1 saturated carbocycles. The third-order valence-electron chi connectivity index (χ3n) is 4.36. The van der Waals surface area contributed by atoms with Gasteiger partial charge in [0.2, 0.25) is 0 Å². The number of hydrogen-bond acceptors (Lipinski definition) is 2. The standard InChI is InChI=1S/C17H23NO/c1-3-4-13-5-7-14(8-6-13)15-9-10-17(19-2)16(11-15)12-18/h9-11,13-14H,3-8H2,1-2H3. The molecule has 1 aliphatic rings. The SMILES string of the molecule is CCCC1CCC(c2ccc(OC)c(C#N)c2)CC1. The second kappa shape index (κ2) is 6.61. The highest BCUT2D eigenvalue weighted by Gasteiger charge is 2.22. The van der Waals surface area contributed by atoms with Gasteiger partial charge in [0.15, 0.2) is 0 Å². The van der Waals surface area contributed by atoms with Crippen LogP contribution in [0.2, 0.25) is 0 Å². The van der Waals surface area contributed by atoms with E-state index in [0.29, 0.717) is 17.2 Å². The van der Waals surface area contributed by atoms with Gasteiger partial charge in [0, 0.05) is 0 Å². The van der Waals surface area contributed by atoms with Gasteiger partial charge >= 0.3 is 0 Å². The van der Waals surface area contributed by atoms with E-state index in [2.05, 4.69) is 19.1 Å². The van der Waals surface area contributed by atoms with Crippen molar-refractivity contribution in [1.82, 2.24) is 0 Å². The number of benzene rings is 1. The number of hydrogen-bond donors (Lipinski definition) is 0. The molecule has 2 heteroatoms. The highest BCUT2D eigenvalue weighted by Crippen LogP contribution is 2.38. The molecule has 0 aliphatic heterocycles. The Morgan fingerprint density at radius 3 is 2.58 bits per heavy atom. The maximum atomic E-state index is 9.15. The van der Waals surface area contributed by atoms with Crippen LogP contribution in [0, 0.1) is 17.2 Å². The van der Waals surface area contributed by atoms with Crippen LogP contribution in [-0.2, 0) is 0 Å². The zero-order chi connectivity index (χ0) is 13.7. The molecule has 0 heterocycles. The number of nitriles is 1. The number of ether oxygens (including phenoxy) is 1. The van der Waals surface area contributed by atoms with Crippen LogP contribution in [0.25, 0.3) is 0 Å². The fourth-order valence-electron chi connectivity index (χ4n) is 3.26. The molecule has 0 saturated heterocycles. The molecule has 0 N–H and O–H groups in total. The molecule has 1 aromatic rings. The fourth-order valence-corrected chi connectivity index (χ4v) is 3.26. The Morgan fingerprint density at radius 2 is 2.00 bits per heavy atom. The molecule has 2 nitrogen and oxygen atoms in total. The first-order valence-electron chi connectivity index (χ1n) is 7.36. The molecule has 19 heavy (non-hydrogen) atoms. The fraction of sp³-hybridized carbons (Fsp3) is 0.588. The summed E-state index contributed by atoms with van der Waals surface area (Å²) in [6, 6.07) is 8.31. The van der Waals surface area contributed by atoms with Gasteiger partial charge in [-0.15, -0.1) is 0 Å². The molecule has 0 spiro atoms. The summed E-state index contributed by atoms with van der Waals surface area (Å²) in [7, 11) is 1.62. The van der Waals surface area contributed by atoms with Gasteiger partial charge in [-0.2, -0.15) is 5.26 Å². The van der Waals surface area contributed by atoms with Crippen molar-refractivity contribution < 1.29 is 4.74 Å². The molecule has 1 aromatic carbocycles. The molecule has 0 aromatic heterocycles. The summed E-state index contributed by atoms with van der Waals surface area (Å²) in [5.74, 6) is 2.24. The monoisotopic (exact) mass is 257 g/mol. The summed E-state index contributed by atoms with van der Waals surface area (Å²) in [5, 5.41) is 9.15. The zero-order valence-electron chi connectivity index (χ0n) is 12.0. The van der Waals surface area contributed by atoms with Gasteiger partial charge in [0.05, 0.1) is 12.7 Å². The molecule has 2 rings (SSSR count). The Balaban J connectivity index is 2.06. The van der Waals surface area contributed by atoms with E-state index in [1.165, 1.54) is 44.1 Å². The Labute approximate surface area is 116 Å². The van der Waals surface area contributed by atoms with E-state index in [1.807, 2.05) is 12.1 Å². The van der Waals surface area contributed by atoms with Crippen molar-refractivity contribution >= 4 is 0 Å². The molecule has 0 radical (unpaired) electrons. The van der Waals surface area contributed by atoms with E-state index >= 15 is 0 Å². The number of methoxy groups -OCH3 is 1. The van der Waals surface area contributed by atoms with Gasteiger partial charge in [-0.05, 0) is 55.2 Å². The van der Waals surface area contributed by atoms with Gasteiger partial charge < -0.3 is 4.74 Å². The lowest BCUT2D eigenvalue weighted by Gasteiger charge is -2.28. The largest absolute Gasteiger partial charge is 0.495 e. The molecule has 0 bridgehead atoms. The Bertz CT molecular complexity index is 453. The minimum absolute atomic E-state index is 0.631. The summed E-state index contributed by atoms with van der Waals surface area (Å²) >= 11 is 0. The zero-order valence-corrected chi connectivity index (χ0v) is 12.0. The van der Waals surface area contributed by atoms with Crippen LogP contribution in [0.3, 0.4) is 0 Å². The van der Waals surface area contributed by atoms with Crippen LogP contribution >= 0.6 is 0 Å². The van der Waals surface area contributed by atoms with Gasteiger partial charge in [-0.25, -0.2) is 0 Å². The van der Waals surface area contributed by atoms with Crippen LogP contribution in [0.15, 0.2) is 18.2 Å². The van der Waals surface area contributed by atoms with Gasteiger partial charge in [-0.1, -0.05) is 25.8 Å². The lowest BCUT2D eigenvalue weighted by molar-refractivity contribution is 0.308. The molecule has 1 fully saturated rings. The van der Waals surface area contributed by atoms with Gasteiger partial charge in [0.1, 0.15) is 11.8 Å². The Kier molecular flexibility index (Phi) is 4.85. The maximum Gasteiger partial charge on any atom is 0.136 e. The third kappa shape index (κ3) is 3.29. The lowest BCUT2D eigenvalue weighted by atomic mass is 9.77. The van der Waals surface area contributed by atoms with Crippen molar-refractivity contribution in [2.75, 3.05) is 7.11 Å². The molecule has 102 valence electrons. The maximum absolute atomic E-state index is 9.15. The minimum Gasteiger partial charge on any atom is -0.495 e. The van der Waals surface area contributed by atoms with E-state index < -0.39 is 0 Å². The van der Waals surface area contributed by atoms with Crippen LogP contribution in [0.1, 0.15) is 62.5 Å². The van der Waals surface area contributed by atoms with Crippen LogP contribution in [0.5, 0.6) is 5.75 Å². The third-order valence-corrected chi connectivity index (χ3v) is 4.36. The van der Waals surface area contributed by atoms with Crippen LogP contribution in [-0.4, -0.2) is 7.11 Å². The Hall–Kier alpha value is -1.49. The van der Waals surface area contributed by atoms with E-state index in [1.54, 1.807) is 7.11 Å². The molecule has 0 amide bonds. The summed E-state index contributed by atoms with van der Waals surface area (Å²) in [6.07, 6.45) is 7.89. The summed E-state index contributed by atoms with van der Waals surface area (Å²) in [5.41, 5.74) is 1.97. The minimum atomic E-state index is 0.631. The van der Waals surface area contributed by atoms with Crippen molar-refractivity contribution in [3.05, 3.63) is 29.3 Å². The van der Waals surface area contributed by atoms with E-state index in [9.17, 15) is 0 Å². The summed E-state index contributed by atoms with van der Waals surface area (Å²) in [6.45, 7) is 2.27. The predicted molar refractivity (Wildman–Crippen MR) is 77.3 cm³/mol. The van der Waals surface area contributed by atoms with Crippen molar-refractivity contribution in [2.45, 2.75) is 51.4 Å². The van der Waals surface area contributed by atoms with E-state index in [-0.39, 0.29) is 0 Å². The molecule has 0 unspecified atom stereocenters. The average molecular weight is 257 g/mol. The first-order valence-corrected chi connectivity index (χ1v) is 7.36. The number of nitrogens with zero attached hydrogens (tertiary/aromatic N) is 1. The van der Waals surface area contributed by atoms with Gasteiger partial charge in [-0.3, -0.25) is 0 Å². The first kappa shape index (κ1) is 13.9. The van der Waals surface area contributed by atoms with Crippen LogP contribution in [0.4, 0.5) is 0 Å². The van der Waals surface area contributed by atoms with Gasteiger partial charge in [0.25, 0.3) is 0 Å². The van der Waals surface area contributed by atoms with Crippen molar-refractivity contribution in [1.29, 1.82) is 5.26 Å². The first-order chi connectivity index (χ1) is 9.28. The summed E-state index contributed by atoms with van der Waals surface area (Å²) in [4.78, 5) is 0. The quantitative estimate of drug-likeness (QED) is 0.787. The normalized spacial score (nSPS) is 22.8. The highest BCUT2D eigenvalue weighted by atomic mass is 16.5. The van der Waals surface area contributed by atoms with Crippen molar-refractivity contribution in [2.24, 2.45) is 5.92 Å². The summed E-state index contributed by atoms with van der Waals surface area (Å²) < 4.78 is 5.21. The second-order valence-corrected chi connectivity index (χ2v) is 5.58. The second-order valence-electron chi connectivity index (χ2n) is 5.58. The highest BCUT2D eigenvalue weighted by molar-refractivity contribution is 5.46. The van der Waals surface area contributed by atoms with Crippen LogP contribution < -0.4 is 4.74 Å². The molecule has 1 aliphatic carbocycles. The Morgan fingerprint density at radius 1 is 1.26 bits per heavy atom. The van der Waals surface area contributed by atoms with E-state index in [4.69, 9.17) is 10.00 Å². The van der Waals surface area contributed by atoms with Crippen molar-refractivity contribution in [3.8, 4) is 11.8 Å². The number of rotatable bonds is 4. The average Bonchev–Trinajstić information content (AvgIpc) is 2.47. The smallest absolute Gasteiger partial charge is 0.136 e. The molecular weight excluding hydrogens is 234 g/mol. The topological polar surface area (TPSA) is 33.0 Å². The van der Waals surface area contributed by atoms with Crippen molar-refractivity contribution in [3.63, 3.8) is 0 Å². The lowest BCUT2D eigenvalue weighted by Crippen LogP contribution is -2.13. The molecule has 0 atom stereocenters.